The molecule has 0 radical (unpaired) electrons. The smallest absolute Gasteiger partial charge is 0.348 e. The van der Waals surface area contributed by atoms with Gasteiger partial charge in [-0.1, -0.05) is 23.7 Å². The van der Waals surface area contributed by atoms with E-state index in [1.54, 1.807) is 6.92 Å². The minimum absolute atomic E-state index is 0.0328. The summed E-state index contributed by atoms with van der Waals surface area (Å²) in [6.45, 7) is 4.11. The van der Waals surface area contributed by atoms with E-state index in [0.29, 0.717) is 38.0 Å². The zero-order chi connectivity index (χ0) is 18.8. The van der Waals surface area contributed by atoms with Gasteiger partial charge in [-0.25, -0.2) is 9.78 Å². The van der Waals surface area contributed by atoms with Gasteiger partial charge in [-0.05, 0) is 37.1 Å². The van der Waals surface area contributed by atoms with Crippen molar-refractivity contribution in [3.8, 4) is 0 Å². The van der Waals surface area contributed by atoms with Gasteiger partial charge in [0, 0.05) is 11.1 Å². The van der Waals surface area contributed by atoms with Crippen LogP contribution in [-0.4, -0.2) is 23.0 Å². The maximum absolute atomic E-state index is 12.4. The Morgan fingerprint density at radius 3 is 2.92 bits per heavy atom. The van der Waals surface area contributed by atoms with Crippen molar-refractivity contribution >= 4 is 39.1 Å². The predicted molar refractivity (Wildman–Crippen MR) is 103 cm³/mol. The molecule has 136 valence electrons. The van der Waals surface area contributed by atoms with Crippen molar-refractivity contribution in [1.29, 1.82) is 0 Å². The summed E-state index contributed by atoms with van der Waals surface area (Å²) in [5.41, 5.74) is 1.38. The molecule has 0 amide bonds. The lowest BCUT2D eigenvalue weighted by Crippen LogP contribution is -2.22. The normalized spacial score (nSPS) is 12.3. The molecule has 0 spiro atoms. The third-order valence-corrected chi connectivity index (χ3v) is 5.55. The van der Waals surface area contributed by atoms with Crippen molar-refractivity contribution in [2.45, 2.75) is 26.4 Å². The number of aromatic nitrogens is 2. The number of fused-ring (bicyclic) bond motifs is 1. The van der Waals surface area contributed by atoms with Gasteiger partial charge in [0.05, 0.1) is 19.0 Å². The molecule has 0 bridgehead atoms. The van der Waals surface area contributed by atoms with Gasteiger partial charge in [0.25, 0.3) is 5.56 Å². The SMILES string of the molecule is COC(=O)c1sc2nc(CN[C@@H](C)c3cccc(Cl)c3)[nH]c(=O)c2c1C. The standard InChI is InChI=1S/C18H18ClN3O3S/c1-9-14-16(23)21-13(22-17(14)26-15(9)18(24)25-3)8-20-10(2)11-5-4-6-12(19)7-11/h4-7,10,20H,8H2,1-3H3,(H,21,22,23)/t10-/m0/s1. The van der Waals surface area contributed by atoms with Gasteiger partial charge in [-0.15, -0.1) is 11.3 Å². The van der Waals surface area contributed by atoms with E-state index >= 15 is 0 Å². The number of aryl methyl sites for hydroxylation is 1. The Morgan fingerprint density at radius 1 is 1.46 bits per heavy atom. The van der Waals surface area contributed by atoms with Gasteiger partial charge in [-0.3, -0.25) is 4.79 Å². The molecule has 0 fully saturated rings. The Kier molecular flexibility index (Phi) is 5.41. The number of esters is 1. The van der Waals surface area contributed by atoms with Gasteiger partial charge in [-0.2, -0.15) is 0 Å². The minimum atomic E-state index is -0.459. The fraction of sp³-hybridized carbons (Fsp3) is 0.278. The predicted octanol–water partition coefficient (Wildman–Crippen LogP) is 3.58. The molecule has 0 aliphatic carbocycles. The molecule has 3 rings (SSSR count). The van der Waals surface area contributed by atoms with E-state index in [-0.39, 0.29) is 11.6 Å². The highest BCUT2D eigenvalue weighted by Gasteiger charge is 2.19. The number of benzene rings is 1. The van der Waals surface area contributed by atoms with Crippen molar-refractivity contribution in [2.24, 2.45) is 0 Å². The van der Waals surface area contributed by atoms with E-state index in [4.69, 9.17) is 16.3 Å². The lowest BCUT2D eigenvalue weighted by Gasteiger charge is -2.14. The summed E-state index contributed by atoms with van der Waals surface area (Å²) in [7, 11) is 1.32. The van der Waals surface area contributed by atoms with E-state index < -0.39 is 5.97 Å². The molecule has 2 aromatic heterocycles. The van der Waals surface area contributed by atoms with E-state index in [0.717, 1.165) is 5.56 Å². The number of H-pyrrole nitrogens is 1. The van der Waals surface area contributed by atoms with Crippen LogP contribution in [0.2, 0.25) is 5.02 Å². The number of hydrogen-bond acceptors (Lipinski definition) is 6. The van der Waals surface area contributed by atoms with Gasteiger partial charge in [0.15, 0.2) is 0 Å². The van der Waals surface area contributed by atoms with E-state index in [1.165, 1.54) is 18.4 Å². The molecular weight excluding hydrogens is 374 g/mol. The molecule has 0 unspecified atom stereocenters. The lowest BCUT2D eigenvalue weighted by atomic mass is 10.1. The Labute approximate surface area is 159 Å². The molecule has 0 saturated carbocycles. The molecule has 2 N–H and O–H groups in total. The zero-order valence-corrected chi connectivity index (χ0v) is 16.1. The molecule has 1 atom stereocenters. The summed E-state index contributed by atoms with van der Waals surface area (Å²) >= 11 is 7.19. The van der Waals surface area contributed by atoms with Crippen LogP contribution in [-0.2, 0) is 11.3 Å². The molecule has 26 heavy (non-hydrogen) atoms. The molecule has 0 saturated heterocycles. The number of nitrogens with zero attached hydrogens (tertiary/aromatic N) is 1. The first-order chi connectivity index (χ1) is 12.4. The third-order valence-electron chi connectivity index (χ3n) is 4.14. The second kappa shape index (κ2) is 7.57. The highest BCUT2D eigenvalue weighted by Crippen LogP contribution is 2.27. The summed E-state index contributed by atoms with van der Waals surface area (Å²) in [6.07, 6.45) is 0. The first-order valence-electron chi connectivity index (χ1n) is 8.00. The molecule has 0 aliphatic rings. The third kappa shape index (κ3) is 3.65. The second-order valence-electron chi connectivity index (χ2n) is 5.90. The van der Waals surface area contributed by atoms with Crippen LogP contribution >= 0.6 is 22.9 Å². The number of halogens is 1. The van der Waals surface area contributed by atoms with Crippen LogP contribution in [0.1, 0.15) is 39.6 Å². The first kappa shape index (κ1) is 18.6. The number of aromatic amines is 1. The van der Waals surface area contributed by atoms with Crippen molar-refractivity contribution in [2.75, 3.05) is 7.11 Å². The fourth-order valence-corrected chi connectivity index (χ4v) is 4.02. The Morgan fingerprint density at radius 2 is 2.23 bits per heavy atom. The molecule has 2 heterocycles. The van der Waals surface area contributed by atoms with E-state index in [2.05, 4.69) is 15.3 Å². The minimum Gasteiger partial charge on any atom is -0.465 e. The Hall–Kier alpha value is -2.22. The average Bonchev–Trinajstić information content (AvgIpc) is 2.96. The second-order valence-corrected chi connectivity index (χ2v) is 7.33. The van der Waals surface area contributed by atoms with Crippen molar-refractivity contribution in [3.63, 3.8) is 0 Å². The number of hydrogen-bond donors (Lipinski definition) is 2. The van der Waals surface area contributed by atoms with Gasteiger partial charge >= 0.3 is 5.97 Å². The number of carbonyl (C=O) groups is 1. The van der Waals surface area contributed by atoms with E-state index in [9.17, 15) is 9.59 Å². The number of nitrogens with one attached hydrogen (secondary N) is 2. The number of carbonyl (C=O) groups excluding carboxylic acids is 1. The van der Waals surface area contributed by atoms with Crippen molar-refractivity contribution in [3.05, 3.63) is 61.5 Å². The topological polar surface area (TPSA) is 84.1 Å². The number of rotatable bonds is 5. The summed E-state index contributed by atoms with van der Waals surface area (Å²) in [4.78, 5) is 32.4. The molecule has 6 nitrogen and oxygen atoms in total. The number of methoxy groups -OCH3 is 1. The van der Waals surface area contributed by atoms with Gasteiger partial charge in [0.1, 0.15) is 15.5 Å². The lowest BCUT2D eigenvalue weighted by molar-refractivity contribution is 0.0605. The fourth-order valence-electron chi connectivity index (χ4n) is 2.70. The molecular formula is C18H18ClN3O3S. The van der Waals surface area contributed by atoms with Crippen LogP contribution in [0.4, 0.5) is 0 Å². The maximum atomic E-state index is 12.4. The van der Waals surface area contributed by atoms with Crippen LogP contribution in [0.3, 0.4) is 0 Å². The summed E-state index contributed by atoms with van der Waals surface area (Å²) in [5, 5.41) is 4.42. The number of thiophene rings is 1. The van der Waals surface area contributed by atoms with Crippen LogP contribution in [0.25, 0.3) is 10.2 Å². The summed E-state index contributed by atoms with van der Waals surface area (Å²) < 4.78 is 4.76. The molecule has 3 aromatic rings. The Bertz CT molecular complexity index is 1030. The quantitative estimate of drug-likeness (QED) is 0.649. The van der Waals surface area contributed by atoms with E-state index in [1.807, 2.05) is 31.2 Å². The largest absolute Gasteiger partial charge is 0.465 e. The van der Waals surface area contributed by atoms with Crippen molar-refractivity contribution < 1.29 is 9.53 Å². The van der Waals surface area contributed by atoms with Crippen molar-refractivity contribution in [1.82, 2.24) is 15.3 Å². The van der Waals surface area contributed by atoms with Gasteiger partial charge in [0.2, 0.25) is 0 Å². The summed E-state index contributed by atoms with van der Waals surface area (Å²) in [6, 6.07) is 7.62. The molecule has 8 heteroatoms. The number of ether oxygens (including phenoxy) is 1. The highest BCUT2D eigenvalue weighted by atomic mass is 35.5. The molecule has 0 aliphatic heterocycles. The van der Waals surface area contributed by atoms with Crippen LogP contribution in [0.5, 0.6) is 0 Å². The van der Waals surface area contributed by atoms with Gasteiger partial charge < -0.3 is 15.0 Å². The Balaban J connectivity index is 1.85. The van der Waals surface area contributed by atoms with Crippen LogP contribution < -0.4 is 10.9 Å². The van der Waals surface area contributed by atoms with Crippen LogP contribution in [0.15, 0.2) is 29.1 Å². The molecule has 1 aromatic carbocycles. The first-order valence-corrected chi connectivity index (χ1v) is 9.19. The monoisotopic (exact) mass is 391 g/mol. The zero-order valence-electron chi connectivity index (χ0n) is 14.6. The van der Waals surface area contributed by atoms with Crippen LogP contribution in [0, 0.1) is 6.92 Å². The summed E-state index contributed by atoms with van der Waals surface area (Å²) in [5.74, 6) is 0.0493. The highest BCUT2D eigenvalue weighted by molar-refractivity contribution is 7.20. The maximum Gasteiger partial charge on any atom is 0.348 e. The average molecular weight is 392 g/mol.